The first-order valence-corrected chi connectivity index (χ1v) is 18.4. The van der Waals surface area contributed by atoms with Crippen molar-refractivity contribution in [2.45, 2.75) is 44.0 Å². The Morgan fingerprint density at radius 2 is 1.04 bits per heavy atom. The first kappa shape index (κ1) is 37.7. The third kappa shape index (κ3) is 9.17. The second kappa shape index (κ2) is 16.4. The molecule has 4 fully saturated rings. The molecule has 3 unspecified atom stereocenters. The molecule has 286 valence electrons. The van der Waals surface area contributed by atoms with Gasteiger partial charge in [-0.2, -0.15) is 0 Å². The summed E-state index contributed by atoms with van der Waals surface area (Å²) in [7, 11) is 0. The molecule has 2 aliphatic heterocycles. The molecule has 8 rings (SSSR count). The molecule has 2 saturated carbocycles. The van der Waals surface area contributed by atoms with E-state index in [0.29, 0.717) is 53.8 Å². The number of nitrogens with zero attached hydrogens (tertiary/aromatic N) is 2. The molecule has 0 aromatic heterocycles. The van der Waals surface area contributed by atoms with Gasteiger partial charge in [-0.1, -0.05) is 12.1 Å². The average Bonchev–Trinajstić information content (AvgIpc) is 3.89. The fourth-order valence-electron chi connectivity index (χ4n) is 8.63. The van der Waals surface area contributed by atoms with Gasteiger partial charge in [-0.25, -0.2) is 17.6 Å². The number of likely N-dealkylation sites (tertiary alicyclic amines) is 2. The number of Topliss-reactive ketones (excluding diaryl/α,β-unsaturated/α-hetero) is 1. The van der Waals surface area contributed by atoms with E-state index in [2.05, 4.69) is 9.80 Å². The zero-order valence-electron chi connectivity index (χ0n) is 29.7. The summed E-state index contributed by atoms with van der Waals surface area (Å²) in [5.41, 5.74) is 1.40. The van der Waals surface area contributed by atoms with Crippen LogP contribution in [0.2, 0.25) is 0 Å². The Morgan fingerprint density at radius 1 is 0.611 bits per heavy atom. The van der Waals surface area contributed by atoms with Crippen LogP contribution in [0.5, 0.6) is 23.0 Å². The second-order valence-electron chi connectivity index (χ2n) is 15.1. The van der Waals surface area contributed by atoms with Crippen molar-refractivity contribution in [3.63, 3.8) is 0 Å². The maximum Gasteiger partial charge on any atom is 0.176 e. The normalized spacial score (nSPS) is 25.4. The number of hydrogen-bond acceptors (Lipinski definition) is 8. The lowest BCUT2D eigenvalue weighted by Crippen LogP contribution is -2.30. The van der Waals surface area contributed by atoms with Crippen LogP contribution < -0.4 is 9.47 Å². The predicted octanol–water partition coefficient (Wildman–Crippen LogP) is 7.14. The molecule has 0 radical (unpaired) electrons. The van der Waals surface area contributed by atoms with Crippen molar-refractivity contribution in [1.82, 2.24) is 9.80 Å². The zero-order chi connectivity index (χ0) is 37.9. The van der Waals surface area contributed by atoms with Gasteiger partial charge in [0.2, 0.25) is 0 Å². The number of ether oxygens (including phenoxy) is 2. The van der Waals surface area contributed by atoms with E-state index in [0.717, 1.165) is 81.7 Å². The van der Waals surface area contributed by atoms with Crippen LogP contribution in [0.3, 0.4) is 0 Å². The van der Waals surface area contributed by atoms with Gasteiger partial charge in [0, 0.05) is 50.4 Å². The maximum atomic E-state index is 13.3. The number of aliphatic hydroxyl groups excluding tert-OH is 1. The number of fused-ring (bicyclic) bond motifs is 2. The van der Waals surface area contributed by atoms with Crippen LogP contribution in [-0.2, 0) is 0 Å². The van der Waals surface area contributed by atoms with Crippen molar-refractivity contribution in [3.8, 4) is 23.0 Å². The number of aromatic hydroxyl groups is 2. The van der Waals surface area contributed by atoms with Gasteiger partial charge in [0.15, 0.2) is 29.1 Å². The lowest BCUT2D eigenvalue weighted by atomic mass is 10.0. The minimum absolute atomic E-state index is 0.000175. The Hall–Kier alpha value is -4.65. The molecule has 0 amide bonds. The number of phenols is 2. The van der Waals surface area contributed by atoms with Gasteiger partial charge in [0.1, 0.15) is 23.0 Å². The number of aliphatic hydroxyl groups is 1. The standard InChI is InChI=1S/C21H23F2NO3.C21H21F2NO3/c2*22-19-6-5-17(9-20(19)23)27-18-7-14-10-24(11-15(14)8-18)12-21(26)13-1-3-16(25)4-2-13/h1-6,9,14-15,18,21,25-26H,7-8,10-12H2;1-6,9,14-15,18,25H,7-8,10-12H2/t14-,15+,18?,21?;14-,15+,18?. The third-order valence-corrected chi connectivity index (χ3v) is 11.2. The van der Waals surface area contributed by atoms with Gasteiger partial charge in [0.25, 0.3) is 0 Å². The number of carbonyl (C=O) groups excluding carboxylic acids is 1. The summed E-state index contributed by atoms with van der Waals surface area (Å²) in [6.45, 7) is 4.41. The monoisotopic (exact) mass is 748 g/mol. The van der Waals surface area contributed by atoms with Gasteiger partial charge in [0.05, 0.1) is 24.9 Å². The number of ketones is 1. The summed E-state index contributed by atoms with van der Waals surface area (Å²) in [4.78, 5) is 16.8. The van der Waals surface area contributed by atoms with Crippen LogP contribution in [0.15, 0.2) is 84.9 Å². The number of rotatable bonds is 10. The molecule has 54 heavy (non-hydrogen) atoms. The van der Waals surface area contributed by atoms with Crippen molar-refractivity contribution < 1.29 is 47.1 Å². The highest BCUT2D eigenvalue weighted by Crippen LogP contribution is 2.41. The molecule has 8 nitrogen and oxygen atoms in total. The van der Waals surface area contributed by atoms with Crippen molar-refractivity contribution in [3.05, 3.63) is 119 Å². The minimum Gasteiger partial charge on any atom is -0.508 e. The fraction of sp³-hybridized carbons (Fsp3) is 0.405. The van der Waals surface area contributed by atoms with Crippen molar-refractivity contribution in [2.75, 3.05) is 39.3 Å². The van der Waals surface area contributed by atoms with Crippen molar-refractivity contribution >= 4 is 5.78 Å². The molecule has 4 aliphatic rings. The molecule has 0 bridgehead atoms. The van der Waals surface area contributed by atoms with E-state index < -0.39 is 29.4 Å². The lowest BCUT2D eigenvalue weighted by molar-refractivity contribution is 0.0936. The highest BCUT2D eigenvalue weighted by atomic mass is 19.2. The summed E-state index contributed by atoms with van der Waals surface area (Å²) in [5.74, 6) is -0.525. The van der Waals surface area contributed by atoms with E-state index in [1.807, 2.05) is 0 Å². The number of hydrogen-bond donors (Lipinski definition) is 3. The molecule has 4 aromatic rings. The van der Waals surface area contributed by atoms with E-state index in [1.54, 1.807) is 36.4 Å². The molecule has 12 heteroatoms. The Morgan fingerprint density at radius 3 is 1.48 bits per heavy atom. The van der Waals surface area contributed by atoms with E-state index in [4.69, 9.17) is 9.47 Å². The van der Waals surface area contributed by atoms with Gasteiger partial charge in [-0.3, -0.25) is 14.6 Å². The summed E-state index contributed by atoms with van der Waals surface area (Å²) < 4.78 is 64.3. The van der Waals surface area contributed by atoms with Gasteiger partial charge >= 0.3 is 0 Å². The first-order valence-electron chi connectivity index (χ1n) is 18.4. The van der Waals surface area contributed by atoms with E-state index >= 15 is 0 Å². The first-order chi connectivity index (χ1) is 25.9. The van der Waals surface area contributed by atoms with Gasteiger partial charge in [-0.15, -0.1) is 0 Å². The summed E-state index contributed by atoms with van der Waals surface area (Å²) in [6.07, 6.45) is 2.92. The van der Waals surface area contributed by atoms with Crippen LogP contribution in [-0.4, -0.2) is 82.4 Å². The summed E-state index contributed by atoms with van der Waals surface area (Å²) in [5, 5.41) is 29.1. The quantitative estimate of drug-likeness (QED) is 0.116. The number of carbonyl (C=O) groups is 1. The molecular formula is C42H44F4N2O6. The molecular weight excluding hydrogens is 704 g/mol. The molecule has 0 spiro atoms. The number of halogens is 4. The zero-order valence-corrected chi connectivity index (χ0v) is 29.7. The Kier molecular flexibility index (Phi) is 11.4. The minimum atomic E-state index is -0.899. The lowest BCUT2D eigenvalue weighted by Gasteiger charge is -2.22. The molecule has 2 heterocycles. The SMILES string of the molecule is O=C(CN1C[C@H]2CC(Oc3ccc(F)c(F)c3)C[C@H]2C1)c1ccc(O)cc1.Oc1ccc(C(O)CN2C[C@H]3CC(Oc4ccc(F)c(F)c4)C[C@H]3C2)cc1. The molecule has 2 saturated heterocycles. The Bertz CT molecular complexity index is 1890. The van der Waals surface area contributed by atoms with Crippen LogP contribution in [0, 0.1) is 46.9 Å². The molecule has 2 aliphatic carbocycles. The van der Waals surface area contributed by atoms with Crippen LogP contribution in [0.1, 0.15) is 47.7 Å². The highest BCUT2D eigenvalue weighted by Gasteiger charge is 2.43. The van der Waals surface area contributed by atoms with Gasteiger partial charge < -0.3 is 24.8 Å². The van der Waals surface area contributed by atoms with Crippen LogP contribution in [0.4, 0.5) is 17.6 Å². The number of β-amino-alcohol motifs (C(OH)–C–C–N with tert-alkyl or cyclic N) is 1. The average molecular weight is 749 g/mol. The highest BCUT2D eigenvalue weighted by molar-refractivity contribution is 5.97. The smallest absolute Gasteiger partial charge is 0.176 e. The molecule has 7 atom stereocenters. The summed E-state index contributed by atoms with van der Waals surface area (Å²) in [6, 6.07) is 20.2. The predicted molar refractivity (Wildman–Crippen MR) is 192 cm³/mol. The van der Waals surface area contributed by atoms with Crippen LogP contribution >= 0.6 is 0 Å². The largest absolute Gasteiger partial charge is 0.508 e. The topological polar surface area (TPSA) is 103 Å². The fourth-order valence-corrected chi connectivity index (χ4v) is 8.63. The van der Waals surface area contributed by atoms with E-state index in [9.17, 15) is 37.7 Å². The van der Waals surface area contributed by atoms with E-state index in [-0.39, 0.29) is 29.5 Å². The van der Waals surface area contributed by atoms with Crippen molar-refractivity contribution in [1.29, 1.82) is 0 Å². The van der Waals surface area contributed by atoms with Crippen molar-refractivity contribution in [2.24, 2.45) is 23.7 Å². The second-order valence-corrected chi connectivity index (χ2v) is 15.1. The third-order valence-electron chi connectivity index (χ3n) is 11.2. The van der Waals surface area contributed by atoms with Crippen LogP contribution in [0.25, 0.3) is 0 Å². The summed E-state index contributed by atoms with van der Waals surface area (Å²) >= 11 is 0. The van der Waals surface area contributed by atoms with Gasteiger partial charge in [-0.05, 0) is 116 Å². The molecule has 4 aromatic carbocycles. The Balaban J connectivity index is 0.000000167. The number of benzene rings is 4. The Labute approximate surface area is 311 Å². The van der Waals surface area contributed by atoms with E-state index in [1.165, 1.54) is 24.3 Å². The maximum absolute atomic E-state index is 13.3. The number of phenolic OH excluding ortho intramolecular Hbond substituents is 2. The molecule has 3 N–H and O–H groups in total.